The van der Waals surface area contributed by atoms with Gasteiger partial charge in [0, 0.05) is 29.3 Å². The van der Waals surface area contributed by atoms with Gasteiger partial charge in [-0.2, -0.15) is 0 Å². The standard InChI is InChI=1S/C28H28FN5O3S2/c1-17-15-20(18(2)33(17)24-11-6-5-9-21(24)29)27-26(23-10-7-8-14-30-23)31-28(38)34(27)19-12-13-22(25(16-19)37-3)32-39(4,35)36/h5-16,26-27,32H,1-4H3,(H,31,38)/t26-,27+/m1/s1. The Balaban J connectivity index is 1.67. The summed E-state index contributed by atoms with van der Waals surface area (Å²) in [5.41, 5.74) is 4.95. The largest absolute Gasteiger partial charge is 0.494 e. The van der Waals surface area contributed by atoms with Crippen LogP contribution in [0.2, 0.25) is 0 Å². The lowest BCUT2D eigenvalue weighted by Gasteiger charge is -2.29. The van der Waals surface area contributed by atoms with Crippen molar-refractivity contribution in [2.24, 2.45) is 0 Å². The molecule has 2 atom stereocenters. The lowest BCUT2D eigenvalue weighted by molar-refractivity contribution is 0.417. The molecule has 4 aromatic rings. The number of para-hydroxylation sites is 1. The van der Waals surface area contributed by atoms with Crippen LogP contribution in [-0.4, -0.2) is 36.4 Å². The van der Waals surface area contributed by atoms with E-state index in [4.69, 9.17) is 17.0 Å². The number of benzene rings is 2. The number of hydrogen-bond acceptors (Lipinski definition) is 5. The maximum absolute atomic E-state index is 14.9. The lowest BCUT2D eigenvalue weighted by atomic mass is 9.96. The van der Waals surface area contributed by atoms with Crippen LogP contribution in [0.1, 0.15) is 34.7 Å². The molecule has 1 aliphatic heterocycles. The van der Waals surface area contributed by atoms with Crippen LogP contribution in [0.25, 0.3) is 5.69 Å². The highest BCUT2D eigenvalue weighted by molar-refractivity contribution is 7.92. The first-order valence-corrected chi connectivity index (χ1v) is 14.5. The molecule has 2 N–H and O–H groups in total. The summed E-state index contributed by atoms with van der Waals surface area (Å²) in [6, 6.07) is 18.9. The van der Waals surface area contributed by atoms with Gasteiger partial charge in [0.1, 0.15) is 11.6 Å². The second-order valence-corrected chi connectivity index (χ2v) is 11.5. The normalized spacial score (nSPS) is 17.3. The van der Waals surface area contributed by atoms with Crippen molar-refractivity contribution in [3.05, 3.63) is 101 Å². The molecule has 0 bridgehead atoms. The number of nitrogens with zero attached hydrogens (tertiary/aromatic N) is 3. The molecule has 0 aliphatic carbocycles. The van der Waals surface area contributed by atoms with E-state index in [1.807, 2.05) is 53.6 Å². The first kappa shape index (κ1) is 26.6. The lowest BCUT2D eigenvalue weighted by Crippen LogP contribution is -2.29. The van der Waals surface area contributed by atoms with Gasteiger partial charge in [-0.1, -0.05) is 18.2 Å². The van der Waals surface area contributed by atoms with E-state index in [0.717, 1.165) is 28.9 Å². The second-order valence-electron chi connectivity index (χ2n) is 9.37. The van der Waals surface area contributed by atoms with Crippen molar-refractivity contribution in [2.45, 2.75) is 25.9 Å². The second kappa shape index (κ2) is 10.3. The van der Waals surface area contributed by atoms with E-state index >= 15 is 0 Å². The predicted octanol–water partition coefficient (Wildman–Crippen LogP) is 5.19. The summed E-state index contributed by atoms with van der Waals surface area (Å²) in [5.74, 6) is 0.0281. The van der Waals surface area contributed by atoms with Gasteiger partial charge < -0.3 is 19.5 Å². The Kier molecular flexibility index (Phi) is 7.04. The van der Waals surface area contributed by atoms with Gasteiger partial charge in [-0.15, -0.1) is 0 Å². The van der Waals surface area contributed by atoms with Crippen LogP contribution >= 0.6 is 12.2 Å². The third-order valence-electron chi connectivity index (χ3n) is 6.74. The van der Waals surface area contributed by atoms with Gasteiger partial charge in [0.25, 0.3) is 0 Å². The molecule has 3 heterocycles. The molecular weight excluding hydrogens is 537 g/mol. The number of thiocarbonyl (C=S) groups is 1. The van der Waals surface area contributed by atoms with Gasteiger partial charge in [-0.05, 0) is 74.1 Å². The molecule has 2 aromatic heterocycles. The molecule has 0 spiro atoms. The zero-order valence-electron chi connectivity index (χ0n) is 21.8. The quantitative estimate of drug-likeness (QED) is 0.298. The number of aromatic nitrogens is 2. The maximum Gasteiger partial charge on any atom is 0.229 e. The Morgan fingerprint density at radius 2 is 1.82 bits per heavy atom. The predicted molar refractivity (Wildman–Crippen MR) is 155 cm³/mol. The summed E-state index contributed by atoms with van der Waals surface area (Å²) in [6.45, 7) is 3.90. The minimum atomic E-state index is -3.51. The van der Waals surface area contributed by atoms with Crippen molar-refractivity contribution in [1.29, 1.82) is 0 Å². The van der Waals surface area contributed by atoms with Crippen LogP contribution in [0.4, 0.5) is 15.8 Å². The number of sulfonamides is 1. The summed E-state index contributed by atoms with van der Waals surface area (Å²) < 4.78 is 48.5. The molecule has 39 heavy (non-hydrogen) atoms. The van der Waals surface area contributed by atoms with E-state index in [2.05, 4.69) is 15.0 Å². The van der Waals surface area contributed by atoms with E-state index in [9.17, 15) is 12.8 Å². The molecule has 0 radical (unpaired) electrons. The van der Waals surface area contributed by atoms with Gasteiger partial charge in [-0.25, -0.2) is 12.8 Å². The SMILES string of the molecule is COc1cc(N2C(=S)N[C@H](c3ccccn3)[C@@H]2c2cc(C)n(-c3ccccc3F)c2C)ccc1NS(C)(=O)=O. The summed E-state index contributed by atoms with van der Waals surface area (Å²) in [6.07, 6.45) is 2.82. The molecule has 0 amide bonds. The highest BCUT2D eigenvalue weighted by atomic mass is 32.2. The maximum atomic E-state index is 14.9. The highest BCUT2D eigenvalue weighted by Gasteiger charge is 2.42. The van der Waals surface area contributed by atoms with E-state index in [1.165, 1.54) is 13.2 Å². The summed E-state index contributed by atoms with van der Waals surface area (Å²) in [5, 5.41) is 3.89. The first-order valence-electron chi connectivity index (χ1n) is 12.2. The van der Waals surface area contributed by atoms with E-state index in [-0.39, 0.29) is 17.9 Å². The van der Waals surface area contributed by atoms with Crippen LogP contribution in [-0.2, 0) is 10.0 Å². The number of aryl methyl sites for hydroxylation is 1. The minimum absolute atomic E-state index is 0.312. The third kappa shape index (κ3) is 5.07. The van der Waals surface area contributed by atoms with Gasteiger partial charge in [0.15, 0.2) is 5.11 Å². The Bertz CT molecular complexity index is 1660. The average Bonchev–Trinajstić information content (AvgIpc) is 3.39. The number of pyridine rings is 1. The van der Waals surface area contributed by atoms with Crippen LogP contribution in [0, 0.1) is 19.7 Å². The van der Waals surface area contributed by atoms with E-state index in [1.54, 1.807) is 36.5 Å². The van der Waals surface area contributed by atoms with Crippen LogP contribution in [0.5, 0.6) is 5.75 Å². The van der Waals surface area contributed by atoms with E-state index in [0.29, 0.717) is 27.9 Å². The molecule has 0 unspecified atom stereocenters. The van der Waals surface area contributed by atoms with Gasteiger partial charge in [0.05, 0.1) is 42.5 Å². The fourth-order valence-corrected chi connectivity index (χ4v) is 6.07. The minimum Gasteiger partial charge on any atom is -0.494 e. The van der Waals surface area contributed by atoms with Crippen molar-refractivity contribution in [3.63, 3.8) is 0 Å². The topological polar surface area (TPSA) is 88.5 Å². The smallest absolute Gasteiger partial charge is 0.229 e. The van der Waals surface area contributed by atoms with Gasteiger partial charge >= 0.3 is 0 Å². The summed E-state index contributed by atoms with van der Waals surface area (Å²) in [7, 11) is -2.04. The fourth-order valence-electron chi connectivity index (χ4n) is 5.15. The molecule has 1 fully saturated rings. The van der Waals surface area contributed by atoms with Crippen molar-refractivity contribution in [2.75, 3.05) is 23.0 Å². The van der Waals surface area contributed by atoms with Crippen molar-refractivity contribution >= 4 is 38.7 Å². The Labute approximate surface area is 232 Å². The third-order valence-corrected chi connectivity index (χ3v) is 7.64. The molecule has 5 rings (SSSR count). The van der Waals surface area contributed by atoms with E-state index < -0.39 is 10.0 Å². The number of nitrogens with one attached hydrogen (secondary N) is 2. The molecule has 11 heteroatoms. The molecule has 2 aromatic carbocycles. The first-order chi connectivity index (χ1) is 18.6. The number of ether oxygens (including phenoxy) is 1. The van der Waals surface area contributed by atoms with Gasteiger partial charge in [-0.3, -0.25) is 9.71 Å². The zero-order chi connectivity index (χ0) is 27.9. The van der Waals surface area contributed by atoms with Gasteiger partial charge in [0.2, 0.25) is 10.0 Å². The average molecular weight is 566 g/mol. The molecule has 8 nitrogen and oxygen atoms in total. The Morgan fingerprint density at radius 3 is 2.49 bits per heavy atom. The van der Waals surface area contributed by atoms with Crippen LogP contribution < -0.4 is 19.7 Å². The zero-order valence-corrected chi connectivity index (χ0v) is 23.5. The Hall–Kier alpha value is -3.96. The molecule has 0 saturated carbocycles. The Morgan fingerprint density at radius 1 is 1.08 bits per heavy atom. The number of anilines is 2. The molecule has 1 aliphatic rings. The summed E-state index contributed by atoms with van der Waals surface area (Å²) >= 11 is 5.84. The molecular formula is C28H28FN5O3S2. The fraction of sp³-hybridized carbons (Fsp3) is 0.214. The summed E-state index contributed by atoms with van der Waals surface area (Å²) in [4.78, 5) is 6.57. The number of halogens is 1. The highest BCUT2D eigenvalue weighted by Crippen LogP contribution is 2.45. The van der Waals surface area contributed by atoms with Crippen LogP contribution in [0.15, 0.2) is 72.9 Å². The van der Waals surface area contributed by atoms with Crippen molar-refractivity contribution in [3.8, 4) is 11.4 Å². The molecule has 202 valence electrons. The number of hydrogen-bond donors (Lipinski definition) is 2. The number of rotatable bonds is 7. The molecule has 1 saturated heterocycles. The monoisotopic (exact) mass is 565 g/mol. The van der Waals surface area contributed by atoms with Crippen molar-refractivity contribution in [1.82, 2.24) is 14.9 Å². The van der Waals surface area contributed by atoms with Crippen LogP contribution in [0.3, 0.4) is 0 Å². The number of methoxy groups -OCH3 is 1. The van der Waals surface area contributed by atoms with Crippen molar-refractivity contribution < 1.29 is 17.5 Å².